The molecule has 3 atom stereocenters. The third kappa shape index (κ3) is 5.58. The fourth-order valence-corrected chi connectivity index (χ4v) is 3.78. The van der Waals surface area contributed by atoms with Crippen molar-refractivity contribution in [2.75, 3.05) is 6.61 Å². The Labute approximate surface area is 148 Å². The quantitative estimate of drug-likeness (QED) is 0.440. The van der Waals surface area contributed by atoms with Gasteiger partial charge in [-0.2, -0.15) is 0 Å². The van der Waals surface area contributed by atoms with E-state index in [1.807, 2.05) is 4.57 Å². The number of nitrogens with one attached hydrogen (secondary N) is 1. The summed E-state index contributed by atoms with van der Waals surface area (Å²) in [5.41, 5.74) is -0.163. The Morgan fingerprint density at radius 1 is 1.29 bits per heavy atom. The summed E-state index contributed by atoms with van der Waals surface area (Å²) in [4.78, 5) is 25.8. The summed E-state index contributed by atoms with van der Waals surface area (Å²) < 4.78 is 7.78. The van der Waals surface area contributed by atoms with Crippen molar-refractivity contribution in [3.05, 3.63) is 27.4 Å². The monoisotopic (exact) mass is 352 g/mol. The molecule has 6 heteroatoms. The molecule has 0 aromatic carbocycles. The highest BCUT2D eigenvalue weighted by atomic mass is 32.1. The van der Waals surface area contributed by atoms with Gasteiger partial charge in [0, 0.05) is 18.8 Å². The van der Waals surface area contributed by atoms with E-state index in [4.69, 9.17) is 17.0 Å². The minimum atomic E-state index is -0.163. The average Bonchev–Trinajstić information content (AvgIpc) is 2.86. The first-order valence-electron chi connectivity index (χ1n) is 8.93. The molecule has 1 saturated carbocycles. The Morgan fingerprint density at radius 2 is 2.04 bits per heavy atom. The molecule has 24 heavy (non-hydrogen) atoms. The minimum absolute atomic E-state index is 0.00797. The summed E-state index contributed by atoms with van der Waals surface area (Å²) >= 11 is 5.11. The van der Waals surface area contributed by atoms with Gasteiger partial charge in [-0.05, 0) is 56.2 Å². The van der Waals surface area contributed by atoms with Crippen molar-refractivity contribution in [2.45, 2.75) is 58.9 Å². The van der Waals surface area contributed by atoms with Crippen LogP contribution in [-0.2, 0) is 16.1 Å². The highest BCUT2D eigenvalue weighted by Crippen LogP contribution is 2.36. The van der Waals surface area contributed by atoms with E-state index in [9.17, 15) is 9.59 Å². The van der Waals surface area contributed by atoms with Gasteiger partial charge in [-0.3, -0.25) is 14.6 Å². The third-order valence-corrected chi connectivity index (χ3v) is 5.19. The molecule has 0 amide bonds. The van der Waals surface area contributed by atoms with Gasteiger partial charge in [0.25, 0.3) is 5.56 Å². The van der Waals surface area contributed by atoms with Gasteiger partial charge in [0.05, 0.1) is 12.5 Å². The molecule has 1 aliphatic carbocycles. The number of aromatic nitrogens is 2. The maximum Gasteiger partial charge on any atom is 0.309 e. The van der Waals surface area contributed by atoms with Crippen molar-refractivity contribution in [2.24, 2.45) is 17.8 Å². The molecule has 1 aliphatic rings. The fraction of sp³-hybridized carbons (Fsp3) is 0.722. The smallest absolute Gasteiger partial charge is 0.309 e. The number of esters is 1. The van der Waals surface area contributed by atoms with Crippen LogP contribution in [0.2, 0.25) is 0 Å². The van der Waals surface area contributed by atoms with Gasteiger partial charge in [0.2, 0.25) is 0 Å². The number of aryl methyl sites for hydroxylation is 1. The molecule has 1 aromatic rings. The van der Waals surface area contributed by atoms with Crippen LogP contribution in [0.4, 0.5) is 0 Å². The molecule has 3 unspecified atom stereocenters. The van der Waals surface area contributed by atoms with Crippen molar-refractivity contribution >= 4 is 18.2 Å². The summed E-state index contributed by atoms with van der Waals surface area (Å²) in [7, 11) is 0. The van der Waals surface area contributed by atoms with E-state index in [1.54, 1.807) is 6.20 Å². The fourth-order valence-electron chi connectivity index (χ4n) is 3.53. The molecule has 0 saturated heterocycles. The highest BCUT2D eigenvalue weighted by Gasteiger charge is 2.34. The lowest BCUT2D eigenvalue weighted by Gasteiger charge is -2.14. The molecule has 1 N–H and O–H groups in total. The number of ether oxygens (including phenoxy) is 1. The van der Waals surface area contributed by atoms with Gasteiger partial charge >= 0.3 is 5.97 Å². The Hall–Kier alpha value is -1.43. The Morgan fingerprint density at radius 3 is 2.71 bits per heavy atom. The first-order valence-corrected chi connectivity index (χ1v) is 9.34. The molecule has 0 bridgehead atoms. The number of carbonyl (C=O) groups excluding carboxylic acids is 1. The number of H-pyrrole nitrogens is 1. The molecule has 0 radical (unpaired) electrons. The van der Waals surface area contributed by atoms with Crippen molar-refractivity contribution in [1.29, 1.82) is 0 Å². The van der Waals surface area contributed by atoms with Crippen LogP contribution >= 0.6 is 12.2 Å². The van der Waals surface area contributed by atoms with Crippen LogP contribution in [0.15, 0.2) is 17.1 Å². The van der Waals surface area contributed by atoms with E-state index in [2.05, 4.69) is 18.8 Å². The number of nitrogens with zero attached hydrogens (tertiary/aromatic N) is 1. The normalized spacial score (nSPS) is 23.3. The van der Waals surface area contributed by atoms with Crippen LogP contribution in [0.5, 0.6) is 0 Å². The zero-order valence-corrected chi connectivity index (χ0v) is 15.4. The van der Waals surface area contributed by atoms with Gasteiger partial charge in [-0.1, -0.05) is 20.3 Å². The molecule has 0 spiro atoms. The number of unbranched alkanes of at least 4 members (excludes halogenated alkanes) is 3. The standard InChI is InChI=1S/C18H28N2O3S/c1-13-11-14(2)15(12-13)17(22)23-10-6-4-3-5-8-20-9-7-16(21)19-18(20)24/h7,9,13-15H,3-6,8,10-12H2,1-2H3,(H,19,21,24). The van der Waals surface area contributed by atoms with Gasteiger partial charge in [0.15, 0.2) is 4.77 Å². The lowest BCUT2D eigenvalue weighted by atomic mass is 9.99. The molecular weight excluding hydrogens is 324 g/mol. The molecule has 134 valence electrons. The lowest BCUT2D eigenvalue weighted by Crippen LogP contribution is -2.20. The maximum atomic E-state index is 12.1. The van der Waals surface area contributed by atoms with Gasteiger partial charge in [-0.15, -0.1) is 0 Å². The van der Waals surface area contributed by atoms with Crippen LogP contribution in [0, 0.1) is 22.5 Å². The topological polar surface area (TPSA) is 64.1 Å². The first-order chi connectivity index (χ1) is 11.5. The van der Waals surface area contributed by atoms with Crippen LogP contribution in [0.1, 0.15) is 52.4 Å². The maximum absolute atomic E-state index is 12.1. The summed E-state index contributed by atoms with van der Waals surface area (Å²) in [5, 5.41) is 0. The van der Waals surface area contributed by atoms with E-state index in [1.165, 1.54) is 6.07 Å². The second kappa shape index (κ2) is 9.16. The van der Waals surface area contributed by atoms with Crippen molar-refractivity contribution in [1.82, 2.24) is 9.55 Å². The molecule has 5 nitrogen and oxygen atoms in total. The predicted molar refractivity (Wildman–Crippen MR) is 96.4 cm³/mol. The van der Waals surface area contributed by atoms with Crippen LogP contribution in [0.25, 0.3) is 0 Å². The van der Waals surface area contributed by atoms with Crippen LogP contribution < -0.4 is 5.56 Å². The predicted octanol–water partition coefficient (Wildman–Crippen LogP) is 3.69. The second-order valence-corrected chi connectivity index (χ2v) is 7.43. The van der Waals surface area contributed by atoms with E-state index in [0.717, 1.165) is 45.1 Å². The molecule has 1 fully saturated rings. The molecular formula is C18H28N2O3S. The number of carbonyl (C=O) groups is 1. The van der Waals surface area contributed by atoms with Gasteiger partial charge < -0.3 is 9.30 Å². The number of hydrogen-bond donors (Lipinski definition) is 1. The summed E-state index contributed by atoms with van der Waals surface area (Å²) in [6.45, 7) is 5.68. The Balaban J connectivity index is 1.56. The zero-order chi connectivity index (χ0) is 17.5. The van der Waals surface area contributed by atoms with Crippen molar-refractivity contribution in [3.8, 4) is 0 Å². The molecule has 0 aliphatic heterocycles. The van der Waals surface area contributed by atoms with Crippen molar-refractivity contribution in [3.63, 3.8) is 0 Å². The van der Waals surface area contributed by atoms with E-state index in [0.29, 0.717) is 23.2 Å². The van der Waals surface area contributed by atoms with E-state index in [-0.39, 0.29) is 17.4 Å². The highest BCUT2D eigenvalue weighted by molar-refractivity contribution is 7.71. The van der Waals surface area contributed by atoms with Crippen molar-refractivity contribution < 1.29 is 9.53 Å². The largest absolute Gasteiger partial charge is 0.465 e. The summed E-state index contributed by atoms with van der Waals surface area (Å²) in [6, 6.07) is 1.49. The molecule has 1 heterocycles. The number of rotatable bonds is 8. The van der Waals surface area contributed by atoms with E-state index < -0.39 is 0 Å². The molecule has 1 aromatic heterocycles. The first kappa shape index (κ1) is 18.9. The van der Waals surface area contributed by atoms with Crippen LogP contribution in [-0.4, -0.2) is 22.1 Å². The number of aromatic amines is 1. The van der Waals surface area contributed by atoms with E-state index >= 15 is 0 Å². The summed E-state index contributed by atoms with van der Waals surface area (Å²) in [5.74, 6) is 1.18. The Bertz CT molecular complexity index is 652. The van der Waals surface area contributed by atoms with Gasteiger partial charge in [0.1, 0.15) is 0 Å². The lowest BCUT2D eigenvalue weighted by molar-refractivity contribution is -0.149. The molecule has 2 rings (SSSR count). The van der Waals surface area contributed by atoms with Crippen LogP contribution in [0.3, 0.4) is 0 Å². The van der Waals surface area contributed by atoms with Gasteiger partial charge in [-0.25, -0.2) is 0 Å². The average molecular weight is 352 g/mol. The number of hydrogen-bond acceptors (Lipinski definition) is 4. The zero-order valence-electron chi connectivity index (χ0n) is 14.6. The third-order valence-electron chi connectivity index (χ3n) is 4.85. The SMILES string of the molecule is CC1CC(C)C(C(=O)OCCCCCCn2ccc(=O)[nH]c2=S)C1. The second-order valence-electron chi connectivity index (χ2n) is 7.05. The summed E-state index contributed by atoms with van der Waals surface area (Å²) in [6.07, 6.45) is 7.81. The minimum Gasteiger partial charge on any atom is -0.465 e. The Kier molecular flexibility index (Phi) is 7.21.